The molecule has 0 saturated carbocycles. The summed E-state index contributed by atoms with van der Waals surface area (Å²) in [7, 11) is 7.71. The summed E-state index contributed by atoms with van der Waals surface area (Å²) in [4.78, 5) is 29.0. The summed E-state index contributed by atoms with van der Waals surface area (Å²) in [6.07, 6.45) is 2.33. The molecular weight excluding hydrogens is 404 g/mol. The van der Waals surface area contributed by atoms with E-state index in [0.29, 0.717) is 19.5 Å². The fourth-order valence-corrected chi connectivity index (χ4v) is 4.64. The van der Waals surface area contributed by atoms with Gasteiger partial charge in [-0.05, 0) is 25.6 Å². The first-order valence-electron chi connectivity index (χ1n) is 11.4. The first kappa shape index (κ1) is 22.3. The van der Waals surface area contributed by atoms with Gasteiger partial charge in [0.2, 0.25) is 5.91 Å². The Morgan fingerprint density at radius 1 is 1.28 bits per heavy atom. The van der Waals surface area contributed by atoms with Gasteiger partial charge in [-0.1, -0.05) is 12.1 Å². The number of ether oxygens (including phenoxy) is 1. The molecule has 172 valence electrons. The van der Waals surface area contributed by atoms with Crippen molar-refractivity contribution < 1.29 is 9.53 Å². The van der Waals surface area contributed by atoms with Gasteiger partial charge in [0.05, 0.1) is 18.5 Å². The third kappa shape index (κ3) is 4.65. The Morgan fingerprint density at radius 3 is 2.88 bits per heavy atom. The minimum absolute atomic E-state index is 0.183. The predicted molar refractivity (Wildman–Crippen MR) is 126 cm³/mol. The molecule has 1 amide bonds. The SMILES string of the molecule is CNc1nc([C@@H]2CCN(C(=O)CCN(C)c3ccccc3OC)C2)nc2c1CN(C)CC2. The second-order valence-electron chi connectivity index (χ2n) is 8.76. The van der Waals surface area contributed by atoms with Crippen LogP contribution >= 0.6 is 0 Å². The largest absolute Gasteiger partial charge is 0.495 e. The molecule has 1 atom stereocenters. The highest BCUT2D eigenvalue weighted by Gasteiger charge is 2.31. The van der Waals surface area contributed by atoms with Crippen LogP contribution in [0.3, 0.4) is 0 Å². The van der Waals surface area contributed by atoms with E-state index < -0.39 is 0 Å². The van der Waals surface area contributed by atoms with Gasteiger partial charge < -0.3 is 24.8 Å². The number of benzene rings is 1. The van der Waals surface area contributed by atoms with Crippen molar-refractivity contribution in [3.05, 3.63) is 41.3 Å². The normalized spacial score (nSPS) is 18.4. The summed E-state index contributed by atoms with van der Waals surface area (Å²) in [6.45, 7) is 3.99. The Hall–Kier alpha value is -2.87. The lowest BCUT2D eigenvalue weighted by Crippen LogP contribution is -2.32. The molecule has 0 bridgehead atoms. The number of rotatable bonds is 7. The smallest absolute Gasteiger partial charge is 0.224 e. The molecule has 3 heterocycles. The Kier molecular flexibility index (Phi) is 6.79. The first-order chi connectivity index (χ1) is 15.5. The van der Waals surface area contributed by atoms with Crippen LogP contribution in [0.4, 0.5) is 11.5 Å². The topological polar surface area (TPSA) is 73.8 Å². The number of amides is 1. The standard InChI is InChI=1S/C24H34N6O2/c1-25-24-18-16-28(2)12-10-19(18)26-23(27-24)17-9-14-30(15-17)22(31)11-13-29(3)20-7-5-6-8-21(20)32-4/h5-8,17H,9-16H2,1-4H3,(H,25,26,27)/t17-/m1/s1. The molecule has 2 aliphatic heterocycles. The van der Waals surface area contributed by atoms with Crippen molar-refractivity contribution in [3.63, 3.8) is 0 Å². The number of hydrogen-bond acceptors (Lipinski definition) is 7. The first-order valence-corrected chi connectivity index (χ1v) is 11.4. The Labute approximate surface area is 190 Å². The molecule has 2 aliphatic rings. The van der Waals surface area contributed by atoms with Gasteiger partial charge in [-0.25, -0.2) is 9.97 Å². The summed E-state index contributed by atoms with van der Waals surface area (Å²) in [6, 6.07) is 7.89. The number of carbonyl (C=O) groups is 1. The lowest BCUT2D eigenvalue weighted by atomic mass is 10.0. The van der Waals surface area contributed by atoms with Gasteiger partial charge >= 0.3 is 0 Å². The number of nitrogens with one attached hydrogen (secondary N) is 1. The van der Waals surface area contributed by atoms with Crippen molar-refractivity contribution in [2.24, 2.45) is 0 Å². The van der Waals surface area contributed by atoms with Gasteiger partial charge in [-0.3, -0.25) is 4.79 Å². The second kappa shape index (κ2) is 9.73. The minimum Gasteiger partial charge on any atom is -0.495 e. The van der Waals surface area contributed by atoms with Gasteiger partial charge in [-0.2, -0.15) is 0 Å². The summed E-state index contributed by atoms with van der Waals surface area (Å²) in [5, 5.41) is 3.26. The van der Waals surface area contributed by atoms with Crippen LogP contribution in [0.2, 0.25) is 0 Å². The number of anilines is 2. The average Bonchev–Trinajstić information content (AvgIpc) is 3.32. The summed E-state index contributed by atoms with van der Waals surface area (Å²) < 4.78 is 5.44. The number of nitrogens with zero attached hydrogens (tertiary/aromatic N) is 5. The molecule has 0 unspecified atom stereocenters. The number of carbonyl (C=O) groups excluding carboxylic acids is 1. The Bertz CT molecular complexity index is 948. The van der Waals surface area contributed by atoms with Crippen molar-refractivity contribution in [1.82, 2.24) is 19.8 Å². The zero-order valence-electron chi connectivity index (χ0n) is 19.6. The van der Waals surface area contributed by atoms with E-state index in [1.165, 1.54) is 5.56 Å². The number of aromatic nitrogens is 2. The van der Waals surface area contributed by atoms with E-state index in [1.54, 1.807) is 7.11 Å². The van der Waals surface area contributed by atoms with E-state index in [0.717, 1.165) is 61.2 Å². The van der Waals surface area contributed by atoms with Gasteiger partial charge in [0.15, 0.2) is 0 Å². The molecule has 1 N–H and O–H groups in total. The number of likely N-dealkylation sites (N-methyl/N-ethyl adjacent to an activating group) is 1. The predicted octanol–water partition coefficient (Wildman–Crippen LogP) is 2.36. The van der Waals surface area contributed by atoms with E-state index in [4.69, 9.17) is 14.7 Å². The number of fused-ring (bicyclic) bond motifs is 1. The molecule has 1 saturated heterocycles. The van der Waals surface area contributed by atoms with Crippen LogP contribution in [0.15, 0.2) is 24.3 Å². The average molecular weight is 439 g/mol. The van der Waals surface area contributed by atoms with Crippen LogP contribution in [0.1, 0.15) is 35.8 Å². The van der Waals surface area contributed by atoms with Crippen LogP contribution < -0.4 is 15.0 Å². The van der Waals surface area contributed by atoms with Gasteiger partial charge in [0.1, 0.15) is 17.4 Å². The highest BCUT2D eigenvalue weighted by Crippen LogP contribution is 2.30. The van der Waals surface area contributed by atoms with Crippen molar-refractivity contribution in [1.29, 1.82) is 0 Å². The maximum atomic E-state index is 12.9. The molecule has 1 aromatic carbocycles. The number of para-hydroxylation sites is 2. The molecule has 1 fully saturated rings. The van der Waals surface area contributed by atoms with Crippen molar-refractivity contribution in [3.8, 4) is 5.75 Å². The zero-order valence-corrected chi connectivity index (χ0v) is 19.6. The van der Waals surface area contributed by atoms with E-state index in [9.17, 15) is 4.79 Å². The Morgan fingerprint density at radius 2 is 2.09 bits per heavy atom. The zero-order chi connectivity index (χ0) is 22.7. The van der Waals surface area contributed by atoms with E-state index in [2.05, 4.69) is 22.2 Å². The fourth-order valence-electron chi connectivity index (χ4n) is 4.64. The van der Waals surface area contributed by atoms with Crippen LogP contribution in [0, 0.1) is 0 Å². The summed E-state index contributed by atoms with van der Waals surface area (Å²) in [5.74, 6) is 3.00. The highest BCUT2D eigenvalue weighted by atomic mass is 16.5. The monoisotopic (exact) mass is 438 g/mol. The molecule has 1 aromatic heterocycles. The van der Waals surface area contributed by atoms with Gasteiger partial charge in [0, 0.05) is 71.1 Å². The molecule has 4 rings (SSSR count). The summed E-state index contributed by atoms with van der Waals surface area (Å²) in [5.41, 5.74) is 3.35. The maximum Gasteiger partial charge on any atom is 0.224 e. The van der Waals surface area contributed by atoms with E-state index in [-0.39, 0.29) is 11.8 Å². The number of methoxy groups -OCH3 is 1. The van der Waals surface area contributed by atoms with Gasteiger partial charge in [0.25, 0.3) is 0 Å². The van der Waals surface area contributed by atoms with Gasteiger partial charge in [-0.15, -0.1) is 0 Å². The number of likely N-dealkylation sites (tertiary alicyclic amines) is 1. The molecule has 32 heavy (non-hydrogen) atoms. The van der Waals surface area contributed by atoms with Crippen LogP contribution in [-0.4, -0.2) is 80.1 Å². The molecule has 2 aromatic rings. The van der Waals surface area contributed by atoms with Crippen LogP contribution in [0.5, 0.6) is 5.75 Å². The van der Waals surface area contributed by atoms with Crippen molar-refractivity contribution in [2.45, 2.75) is 31.7 Å². The quantitative estimate of drug-likeness (QED) is 0.711. The lowest BCUT2D eigenvalue weighted by Gasteiger charge is -2.27. The van der Waals surface area contributed by atoms with Crippen LogP contribution in [0.25, 0.3) is 0 Å². The van der Waals surface area contributed by atoms with E-state index in [1.807, 2.05) is 43.3 Å². The van der Waals surface area contributed by atoms with Crippen molar-refractivity contribution in [2.75, 3.05) is 64.6 Å². The molecule has 0 aliphatic carbocycles. The Balaban J connectivity index is 1.38. The molecular formula is C24H34N6O2. The van der Waals surface area contributed by atoms with Crippen LogP contribution in [-0.2, 0) is 17.8 Å². The molecule has 8 heteroatoms. The lowest BCUT2D eigenvalue weighted by molar-refractivity contribution is -0.129. The molecule has 0 radical (unpaired) electrons. The van der Waals surface area contributed by atoms with E-state index >= 15 is 0 Å². The third-order valence-corrected chi connectivity index (χ3v) is 6.57. The number of hydrogen-bond donors (Lipinski definition) is 1. The molecule has 8 nitrogen and oxygen atoms in total. The molecule has 0 spiro atoms. The van der Waals surface area contributed by atoms with Crippen molar-refractivity contribution >= 4 is 17.4 Å². The second-order valence-corrected chi connectivity index (χ2v) is 8.76. The third-order valence-electron chi connectivity index (χ3n) is 6.57. The summed E-state index contributed by atoms with van der Waals surface area (Å²) >= 11 is 0. The fraction of sp³-hybridized carbons (Fsp3) is 0.542. The minimum atomic E-state index is 0.183. The highest BCUT2D eigenvalue weighted by molar-refractivity contribution is 5.77. The maximum absolute atomic E-state index is 12.9.